The molecule has 45 heavy (non-hydrogen) atoms. The number of aromatic carboxylic acids is 1. The molecule has 5 rings (SSSR count). The van der Waals surface area contributed by atoms with E-state index in [2.05, 4.69) is 20.6 Å². The molecule has 3 heterocycles. The van der Waals surface area contributed by atoms with Gasteiger partial charge in [-0.25, -0.2) is 19.0 Å². The van der Waals surface area contributed by atoms with Crippen LogP contribution in [0.4, 0.5) is 15.0 Å². The van der Waals surface area contributed by atoms with Gasteiger partial charge >= 0.3 is 12.1 Å². The van der Waals surface area contributed by atoms with Gasteiger partial charge in [0.1, 0.15) is 29.8 Å². The number of hydrogen-bond acceptors (Lipinski definition) is 6. The van der Waals surface area contributed by atoms with E-state index in [4.69, 9.17) is 4.74 Å². The van der Waals surface area contributed by atoms with Gasteiger partial charge in [0.05, 0.1) is 17.1 Å². The van der Waals surface area contributed by atoms with Gasteiger partial charge < -0.3 is 30.4 Å². The van der Waals surface area contributed by atoms with Crippen LogP contribution in [0.15, 0.2) is 18.2 Å². The number of carbonyl (C=O) groups excluding carboxylic acids is 3. The molecular weight excluding hydrogens is 581 g/mol. The van der Waals surface area contributed by atoms with Crippen molar-refractivity contribution in [1.29, 1.82) is 0 Å². The van der Waals surface area contributed by atoms with Gasteiger partial charge in [0.2, 0.25) is 11.8 Å². The highest BCUT2D eigenvalue weighted by Gasteiger charge is 2.47. The van der Waals surface area contributed by atoms with Gasteiger partial charge in [0.25, 0.3) is 0 Å². The normalized spacial score (nSPS) is 25.1. The summed E-state index contributed by atoms with van der Waals surface area (Å²) in [5.74, 6) is -1.06. The van der Waals surface area contributed by atoms with Crippen LogP contribution in [0.5, 0.6) is 0 Å². The monoisotopic (exact) mass is 627 g/mol. The maximum absolute atomic E-state index is 14.0. The average molecular weight is 628 g/mol. The summed E-state index contributed by atoms with van der Waals surface area (Å²) in [6.45, 7) is 5.07. The standard InChI is InChI=1S/C33H46FN5O6/c1-33(2,3)45-32(44)37-26(18-34)20-9-11-21(12-10-20)30(41)39-16-15-22(19-7-5-4-6-8-19)28(39)29(40)38-27-14-13-23-24(36-27)17-25(35-23)31(42)43/h13-14,17,19-22,26,28,35H,4-12,15-16,18H2,1-3H3,(H,37,44)(H,42,43)(H,36,38,40)/t20?,21?,22-,26?,28-/m0/s1. The molecule has 0 aromatic carbocycles. The van der Waals surface area contributed by atoms with Gasteiger partial charge in [0, 0.05) is 12.5 Å². The molecule has 1 saturated heterocycles. The van der Waals surface area contributed by atoms with E-state index in [9.17, 15) is 28.7 Å². The number of likely N-dealkylation sites (tertiary alicyclic amines) is 1. The zero-order valence-electron chi connectivity index (χ0n) is 26.4. The highest BCUT2D eigenvalue weighted by atomic mass is 19.1. The van der Waals surface area contributed by atoms with E-state index in [1.807, 2.05) is 0 Å². The number of H-pyrrole nitrogens is 1. The van der Waals surface area contributed by atoms with Crippen molar-refractivity contribution in [2.75, 3.05) is 18.5 Å². The van der Waals surface area contributed by atoms with Gasteiger partial charge in [-0.3, -0.25) is 9.59 Å². The predicted octanol–water partition coefficient (Wildman–Crippen LogP) is 5.67. The molecule has 11 nitrogen and oxygen atoms in total. The molecule has 12 heteroatoms. The highest BCUT2D eigenvalue weighted by Crippen LogP contribution is 2.41. The molecule has 4 N–H and O–H groups in total. The molecule has 2 aliphatic carbocycles. The molecule has 3 fully saturated rings. The second kappa shape index (κ2) is 13.7. The number of nitrogens with zero attached hydrogens (tertiary/aromatic N) is 2. The van der Waals surface area contributed by atoms with Gasteiger partial charge in [-0.15, -0.1) is 0 Å². The molecule has 2 aromatic rings. The summed E-state index contributed by atoms with van der Waals surface area (Å²) in [6, 6.07) is 3.45. The molecule has 1 aliphatic heterocycles. The number of aromatic nitrogens is 2. The number of alkyl halides is 1. The second-order valence-electron chi connectivity index (χ2n) is 14.0. The van der Waals surface area contributed by atoms with E-state index < -0.39 is 36.4 Å². The summed E-state index contributed by atoms with van der Waals surface area (Å²) < 4.78 is 19.3. The van der Waals surface area contributed by atoms with Crippen LogP contribution < -0.4 is 10.6 Å². The summed E-state index contributed by atoms with van der Waals surface area (Å²) >= 11 is 0. The first-order valence-corrected chi connectivity index (χ1v) is 16.3. The van der Waals surface area contributed by atoms with Crippen LogP contribution in [0.2, 0.25) is 0 Å². The molecule has 0 radical (unpaired) electrons. The number of ether oxygens (including phenoxy) is 1. The lowest BCUT2D eigenvalue weighted by molar-refractivity contribution is -0.142. The van der Waals surface area contributed by atoms with Crippen molar-refractivity contribution < 1.29 is 33.4 Å². The highest BCUT2D eigenvalue weighted by molar-refractivity contribution is 5.99. The number of hydrogen-bond donors (Lipinski definition) is 4. The van der Waals surface area contributed by atoms with E-state index in [1.54, 1.807) is 37.8 Å². The number of carboxylic acids is 1. The summed E-state index contributed by atoms with van der Waals surface area (Å²) in [5.41, 5.74) is 0.310. The minimum Gasteiger partial charge on any atom is -0.477 e. The molecule has 3 atom stereocenters. The number of amides is 3. The fraction of sp³-hybridized carbons (Fsp3) is 0.667. The number of carbonyl (C=O) groups is 4. The van der Waals surface area contributed by atoms with Gasteiger partial charge in [-0.05, 0) is 88.8 Å². The largest absolute Gasteiger partial charge is 0.477 e. The average Bonchev–Trinajstić information content (AvgIpc) is 3.64. The van der Waals surface area contributed by atoms with Gasteiger partial charge in [0.15, 0.2) is 0 Å². The van der Waals surface area contributed by atoms with Crippen LogP contribution >= 0.6 is 0 Å². The molecule has 1 unspecified atom stereocenters. The van der Waals surface area contributed by atoms with E-state index in [-0.39, 0.29) is 35.3 Å². The number of halogens is 1. The van der Waals surface area contributed by atoms with Crippen LogP contribution in [0.1, 0.15) is 95.5 Å². The van der Waals surface area contributed by atoms with Crippen LogP contribution in [0, 0.1) is 23.7 Å². The number of nitrogens with one attached hydrogen (secondary N) is 3. The van der Waals surface area contributed by atoms with Crippen LogP contribution in [0.3, 0.4) is 0 Å². The van der Waals surface area contributed by atoms with E-state index >= 15 is 0 Å². The molecule has 246 valence electrons. The number of anilines is 1. The van der Waals surface area contributed by atoms with E-state index in [0.29, 0.717) is 55.0 Å². The number of pyridine rings is 1. The molecular formula is C33H46FN5O6. The molecule has 2 saturated carbocycles. The maximum atomic E-state index is 14.0. The Bertz CT molecular complexity index is 1390. The number of fused-ring (bicyclic) bond motifs is 1. The first-order valence-electron chi connectivity index (χ1n) is 16.3. The molecule has 2 aromatic heterocycles. The Hall–Kier alpha value is -3.70. The Morgan fingerprint density at radius 3 is 2.42 bits per heavy atom. The fourth-order valence-corrected chi connectivity index (χ4v) is 7.59. The summed E-state index contributed by atoms with van der Waals surface area (Å²) in [6.07, 6.45) is 7.95. The summed E-state index contributed by atoms with van der Waals surface area (Å²) in [7, 11) is 0. The van der Waals surface area contributed by atoms with Crippen molar-refractivity contribution in [3.05, 3.63) is 23.9 Å². The van der Waals surface area contributed by atoms with Gasteiger partial charge in [-0.2, -0.15) is 0 Å². The van der Waals surface area contributed by atoms with Crippen molar-refractivity contribution >= 4 is 40.7 Å². The SMILES string of the molecule is CC(C)(C)OC(=O)NC(CF)C1CCC(C(=O)N2CC[C@@H](C3CCCCC3)[C@H]2C(=O)Nc2ccc3[nH]c(C(=O)O)cc3n2)CC1. The van der Waals surface area contributed by atoms with Gasteiger partial charge in [-0.1, -0.05) is 32.1 Å². The number of carboxylic acid groups (broad SMARTS) is 1. The smallest absolute Gasteiger partial charge is 0.407 e. The van der Waals surface area contributed by atoms with Crippen LogP contribution in [-0.4, -0.2) is 74.8 Å². The first-order chi connectivity index (χ1) is 21.4. The lowest BCUT2D eigenvalue weighted by Gasteiger charge is -2.37. The Labute approximate surface area is 263 Å². The van der Waals surface area contributed by atoms with Crippen LogP contribution in [-0.2, 0) is 14.3 Å². The van der Waals surface area contributed by atoms with Crippen molar-refractivity contribution in [1.82, 2.24) is 20.2 Å². The molecule has 0 bridgehead atoms. The Kier molecular flexibility index (Phi) is 9.98. The minimum absolute atomic E-state index is 0.0130. The molecule has 0 spiro atoms. The van der Waals surface area contributed by atoms with Crippen molar-refractivity contribution in [3.63, 3.8) is 0 Å². The van der Waals surface area contributed by atoms with E-state index in [0.717, 1.165) is 32.1 Å². The predicted molar refractivity (Wildman–Crippen MR) is 166 cm³/mol. The summed E-state index contributed by atoms with van der Waals surface area (Å²) in [5, 5.41) is 14.9. The fourth-order valence-electron chi connectivity index (χ4n) is 7.59. The third kappa shape index (κ3) is 7.76. The number of rotatable bonds is 8. The summed E-state index contributed by atoms with van der Waals surface area (Å²) in [4.78, 5) is 60.7. The zero-order valence-corrected chi connectivity index (χ0v) is 26.4. The van der Waals surface area contributed by atoms with Crippen molar-refractivity contribution in [2.45, 2.75) is 103 Å². The quantitative estimate of drug-likeness (QED) is 0.294. The topological polar surface area (TPSA) is 154 Å². The first kappa shape index (κ1) is 32.7. The van der Waals surface area contributed by atoms with Crippen LogP contribution in [0.25, 0.3) is 11.0 Å². The zero-order chi connectivity index (χ0) is 32.3. The third-order valence-corrected chi connectivity index (χ3v) is 9.77. The van der Waals surface area contributed by atoms with E-state index in [1.165, 1.54) is 12.5 Å². The van der Waals surface area contributed by atoms with Crippen molar-refractivity contribution in [3.8, 4) is 0 Å². The Morgan fingerprint density at radius 2 is 1.78 bits per heavy atom. The maximum Gasteiger partial charge on any atom is 0.407 e. The lowest BCUT2D eigenvalue weighted by atomic mass is 9.76. The number of aromatic amines is 1. The minimum atomic E-state index is -1.09. The molecule has 3 aliphatic rings. The Balaban J connectivity index is 1.27. The molecule has 3 amide bonds. The van der Waals surface area contributed by atoms with Crippen molar-refractivity contribution in [2.24, 2.45) is 23.7 Å². The third-order valence-electron chi connectivity index (χ3n) is 9.77. The number of alkyl carbamates (subject to hydrolysis) is 1. The second-order valence-corrected chi connectivity index (χ2v) is 14.0. The Morgan fingerprint density at radius 1 is 1.07 bits per heavy atom. The lowest BCUT2D eigenvalue weighted by Crippen LogP contribution is -2.50.